The highest BCUT2D eigenvalue weighted by Crippen LogP contribution is 2.38. The predicted molar refractivity (Wildman–Crippen MR) is 104 cm³/mol. The quantitative estimate of drug-likeness (QED) is 0.729. The van der Waals surface area contributed by atoms with E-state index in [-0.39, 0.29) is 5.82 Å². The van der Waals surface area contributed by atoms with Crippen molar-refractivity contribution < 1.29 is 9.13 Å². The molecule has 146 valence electrons. The van der Waals surface area contributed by atoms with Crippen molar-refractivity contribution in [1.29, 1.82) is 0 Å². The van der Waals surface area contributed by atoms with E-state index in [1.165, 1.54) is 44.6 Å². The number of halogens is 1. The lowest BCUT2D eigenvalue weighted by Gasteiger charge is -2.40. The number of piperidine rings is 1. The number of aromatic nitrogens is 2. The van der Waals surface area contributed by atoms with Gasteiger partial charge in [0.05, 0.1) is 17.8 Å². The molecule has 2 saturated heterocycles. The van der Waals surface area contributed by atoms with Crippen molar-refractivity contribution in [3.05, 3.63) is 30.2 Å². The molecule has 3 aliphatic rings. The summed E-state index contributed by atoms with van der Waals surface area (Å²) >= 11 is 0. The van der Waals surface area contributed by atoms with Crippen LogP contribution < -0.4 is 0 Å². The Kier molecular flexibility index (Phi) is 4.68. The van der Waals surface area contributed by atoms with E-state index in [9.17, 15) is 4.39 Å². The van der Waals surface area contributed by atoms with Crippen LogP contribution in [-0.4, -0.2) is 46.0 Å². The molecule has 1 aromatic heterocycles. The molecule has 1 aliphatic carbocycles. The van der Waals surface area contributed by atoms with E-state index in [4.69, 9.17) is 4.74 Å². The summed E-state index contributed by atoms with van der Waals surface area (Å²) in [5, 5.41) is 5.50. The minimum absolute atomic E-state index is 0.191. The highest BCUT2D eigenvalue weighted by Gasteiger charge is 2.41. The Bertz CT molecular complexity index is 788. The van der Waals surface area contributed by atoms with Crippen LogP contribution in [0.25, 0.3) is 10.9 Å². The summed E-state index contributed by atoms with van der Waals surface area (Å²) in [6.07, 6.45) is 10.1. The fourth-order valence-electron chi connectivity index (χ4n) is 5.12. The maximum atomic E-state index is 13.6. The normalized spacial score (nSPS) is 29.5. The molecule has 0 radical (unpaired) electrons. The molecule has 3 atom stereocenters. The molecule has 1 aromatic carbocycles. The van der Waals surface area contributed by atoms with E-state index >= 15 is 0 Å². The van der Waals surface area contributed by atoms with Gasteiger partial charge in [0, 0.05) is 37.2 Å². The molecule has 3 fully saturated rings. The smallest absolute Gasteiger partial charge is 0.125 e. The Morgan fingerprint density at radius 3 is 2.67 bits per heavy atom. The minimum Gasteiger partial charge on any atom is -0.378 e. The van der Waals surface area contributed by atoms with Crippen LogP contribution in [0.1, 0.15) is 45.4 Å². The monoisotopic (exact) mass is 371 g/mol. The van der Waals surface area contributed by atoms with Crippen molar-refractivity contribution in [2.75, 3.05) is 13.2 Å². The lowest BCUT2D eigenvalue weighted by atomic mass is 9.98. The molecule has 2 aromatic rings. The lowest BCUT2D eigenvalue weighted by molar-refractivity contribution is -0.0276. The second kappa shape index (κ2) is 7.17. The Hall–Kier alpha value is -1.46. The number of fused-ring (bicyclic) bond motifs is 3. The fourth-order valence-corrected chi connectivity index (χ4v) is 5.12. The van der Waals surface area contributed by atoms with Crippen molar-refractivity contribution in [3.63, 3.8) is 0 Å². The van der Waals surface area contributed by atoms with Crippen LogP contribution in [0.3, 0.4) is 0 Å². The largest absolute Gasteiger partial charge is 0.378 e. The Morgan fingerprint density at radius 1 is 1.15 bits per heavy atom. The SMILES string of the molecule is CC(CN1C2CCC1CC(OCC1CC1)C2)Cn1ncc2ccc(F)cc21. The fraction of sp³-hybridized carbons (Fsp3) is 0.682. The predicted octanol–water partition coefficient (Wildman–Crippen LogP) is 4.23. The first kappa shape index (κ1) is 17.6. The Labute approximate surface area is 160 Å². The number of nitrogens with zero attached hydrogens (tertiary/aromatic N) is 3. The standard InChI is InChI=1S/C22H30FN3O/c1-15(13-26-22-8-18(23)5-4-17(22)11-24-26)12-25-19-6-7-20(25)10-21(9-19)27-14-16-2-3-16/h4-5,8,11,15-16,19-21H,2-3,6-7,9-10,12-14H2,1H3. The average Bonchev–Trinajstić information content (AvgIpc) is 3.37. The van der Waals surface area contributed by atoms with Gasteiger partial charge in [-0.25, -0.2) is 4.39 Å². The van der Waals surface area contributed by atoms with Crippen LogP contribution in [0.5, 0.6) is 0 Å². The van der Waals surface area contributed by atoms with Gasteiger partial charge < -0.3 is 4.74 Å². The Morgan fingerprint density at radius 2 is 1.93 bits per heavy atom. The second-order valence-corrected chi connectivity index (χ2v) is 9.09. The summed E-state index contributed by atoms with van der Waals surface area (Å²) in [5.41, 5.74) is 0.900. The van der Waals surface area contributed by atoms with Crippen molar-refractivity contribution >= 4 is 10.9 Å². The first-order chi connectivity index (χ1) is 13.2. The first-order valence-electron chi connectivity index (χ1n) is 10.6. The van der Waals surface area contributed by atoms with Crippen molar-refractivity contribution in [2.24, 2.45) is 11.8 Å². The number of rotatable bonds is 7. The number of benzene rings is 1. The molecule has 27 heavy (non-hydrogen) atoms. The van der Waals surface area contributed by atoms with Gasteiger partial charge in [-0.2, -0.15) is 5.10 Å². The molecule has 0 N–H and O–H groups in total. The molecule has 4 nitrogen and oxygen atoms in total. The average molecular weight is 372 g/mol. The maximum Gasteiger partial charge on any atom is 0.125 e. The van der Waals surface area contributed by atoms with E-state index in [2.05, 4.69) is 16.9 Å². The van der Waals surface area contributed by atoms with Gasteiger partial charge in [0.25, 0.3) is 0 Å². The van der Waals surface area contributed by atoms with Gasteiger partial charge in [-0.15, -0.1) is 0 Å². The molecule has 5 heteroatoms. The third-order valence-corrected chi connectivity index (χ3v) is 6.72. The zero-order valence-corrected chi connectivity index (χ0v) is 16.2. The topological polar surface area (TPSA) is 30.3 Å². The lowest BCUT2D eigenvalue weighted by Crippen LogP contribution is -2.47. The van der Waals surface area contributed by atoms with Gasteiger partial charge in [0.1, 0.15) is 5.82 Å². The van der Waals surface area contributed by atoms with Gasteiger partial charge >= 0.3 is 0 Å². The number of hydrogen-bond donors (Lipinski definition) is 0. The second-order valence-electron chi connectivity index (χ2n) is 9.09. The third kappa shape index (κ3) is 3.77. The molecule has 1 saturated carbocycles. The van der Waals surface area contributed by atoms with E-state index < -0.39 is 0 Å². The van der Waals surface area contributed by atoms with Crippen molar-refractivity contribution in [2.45, 2.75) is 70.2 Å². The highest BCUT2D eigenvalue weighted by atomic mass is 19.1. The van der Waals surface area contributed by atoms with Crippen LogP contribution >= 0.6 is 0 Å². The van der Waals surface area contributed by atoms with Gasteiger partial charge in [-0.3, -0.25) is 9.58 Å². The van der Waals surface area contributed by atoms with Crippen molar-refractivity contribution in [3.8, 4) is 0 Å². The molecular weight excluding hydrogens is 341 g/mol. The molecular formula is C22H30FN3O. The van der Waals surface area contributed by atoms with Crippen LogP contribution in [0.2, 0.25) is 0 Å². The van der Waals surface area contributed by atoms with E-state index in [0.29, 0.717) is 24.1 Å². The molecule has 3 heterocycles. The molecule has 5 rings (SSSR count). The maximum absolute atomic E-state index is 13.6. The van der Waals surface area contributed by atoms with E-state index in [1.54, 1.807) is 6.07 Å². The zero-order valence-electron chi connectivity index (χ0n) is 16.2. The van der Waals surface area contributed by atoms with Gasteiger partial charge in [0.15, 0.2) is 0 Å². The van der Waals surface area contributed by atoms with Crippen LogP contribution in [0.15, 0.2) is 24.4 Å². The first-order valence-corrected chi connectivity index (χ1v) is 10.6. The van der Waals surface area contributed by atoms with Crippen LogP contribution in [0.4, 0.5) is 4.39 Å². The van der Waals surface area contributed by atoms with E-state index in [0.717, 1.165) is 36.5 Å². The Balaban J connectivity index is 1.19. The third-order valence-electron chi connectivity index (χ3n) is 6.72. The molecule has 0 spiro atoms. The van der Waals surface area contributed by atoms with E-state index in [1.807, 2.05) is 16.9 Å². The summed E-state index contributed by atoms with van der Waals surface area (Å²) in [4.78, 5) is 2.73. The van der Waals surface area contributed by atoms with Gasteiger partial charge in [0.2, 0.25) is 0 Å². The van der Waals surface area contributed by atoms with Gasteiger partial charge in [-0.1, -0.05) is 6.92 Å². The number of ether oxygens (including phenoxy) is 1. The minimum atomic E-state index is -0.191. The van der Waals surface area contributed by atoms with Crippen molar-refractivity contribution in [1.82, 2.24) is 14.7 Å². The number of hydrogen-bond acceptors (Lipinski definition) is 3. The summed E-state index contributed by atoms with van der Waals surface area (Å²) in [6.45, 7) is 5.22. The molecule has 2 bridgehead atoms. The molecule has 0 amide bonds. The van der Waals surface area contributed by atoms with Gasteiger partial charge in [-0.05, 0) is 68.6 Å². The summed E-state index contributed by atoms with van der Waals surface area (Å²) in [5.74, 6) is 1.15. The zero-order chi connectivity index (χ0) is 18.4. The summed E-state index contributed by atoms with van der Waals surface area (Å²) in [7, 11) is 0. The molecule has 3 unspecified atom stereocenters. The summed E-state index contributed by atoms with van der Waals surface area (Å²) in [6, 6.07) is 6.28. The van der Waals surface area contributed by atoms with Crippen LogP contribution in [0, 0.1) is 17.7 Å². The highest BCUT2D eigenvalue weighted by molar-refractivity contribution is 5.78. The van der Waals surface area contributed by atoms with Crippen LogP contribution in [-0.2, 0) is 11.3 Å². The summed E-state index contributed by atoms with van der Waals surface area (Å²) < 4.78 is 21.8. The molecule has 2 aliphatic heterocycles.